The second-order valence-electron chi connectivity index (χ2n) is 4.95. The molecule has 0 aromatic rings. The van der Waals surface area contributed by atoms with E-state index in [1.165, 1.54) is 13.1 Å². The van der Waals surface area contributed by atoms with Gasteiger partial charge in [-0.2, -0.15) is 0 Å². The van der Waals surface area contributed by atoms with Crippen molar-refractivity contribution < 1.29 is 0 Å². The van der Waals surface area contributed by atoms with Gasteiger partial charge in [0.2, 0.25) is 0 Å². The second-order valence-corrected chi connectivity index (χ2v) is 4.95. The van der Waals surface area contributed by atoms with Gasteiger partial charge in [-0.15, -0.1) is 0 Å². The van der Waals surface area contributed by atoms with Crippen molar-refractivity contribution in [3.8, 4) is 0 Å². The highest BCUT2D eigenvalue weighted by atomic mass is 15.2. The number of rotatable bonds is 3. The topological polar surface area (TPSA) is 15.3 Å². The van der Waals surface area contributed by atoms with Gasteiger partial charge in [0.15, 0.2) is 0 Å². The van der Waals surface area contributed by atoms with Crippen molar-refractivity contribution in [3.05, 3.63) is 0 Å². The number of nitrogens with one attached hydrogen (secondary N) is 1. The van der Waals surface area contributed by atoms with Crippen LogP contribution in [0.2, 0.25) is 0 Å². The van der Waals surface area contributed by atoms with Gasteiger partial charge in [0.1, 0.15) is 0 Å². The molecule has 0 aromatic heterocycles. The van der Waals surface area contributed by atoms with Gasteiger partial charge in [0.25, 0.3) is 0 Å². The Hall–Kier alpha value is -0.0800. The van der Waals surface area contributed by atoms with E-state index in [0.717, 1.165) is 5.92 Å². The molecule has 1 aliphatic rings. The first-order valence-electron chi connectivity index (χ1n) is 5.50. The van der Waals surface area contributed by atoms with Crippen molar-refractivity contribution in [2.24, 2.45) is 5.92 Å². The molecule has 0 aromatic carbocycles. The van der Waals surface area contributed by atoms with E-state index in [0.29, 0.717) is 18.1 Å². The molecule has 13 heavy (non-hydrogen) atoms. The lowest BCUT2D eigenvalue weighted by Crippen LogP contribution is -2.40. The van der Waals surface area contributed by atoms with E-state index in [9.17, 15) is 0 Å². The predicted molar refractivity (Wildman–Crippen MR) is 57.9 cm³/mol. The lowest BCUT2D eigenvalue weighted by atomic mass is 10.1. The third kappa shape index (κ3) is 2.96. The van der Waals surface area contributed by atoms with Crippen LogP contribution in [0.25, 0.3) is 0 Å². The molecule has 1 heterocycles. The van der Waals surface area contributed by atoms with Crippen molar-refractivity contribution in [1.29, 1.82) is 0 Å². The Morgan fingerprint density at radius 3 is 2.15 bits per heavy atom. The van der Waals surface area contributed by atoms with Crippen LogP contribution >= 0.6 is 0 Å². The maximum atomic E-state index is 3.63. The summed E-state index contributed by atoms with van der Waals surface area (Å²) in [5.74, 6) is 0.796. The van der Waals surface area contributed by atoms with Crippen molar-refractivity contribution in [3.63, 3.8) is 0 Å². The van der Waals surface area contributed by atoms with Crippen molar-refractivity contribution in [1.82, 2.24) is 10.2 Å². The van der Waals surface area contributed by atoms with E-state index < -0.39 is 0 Å². The normalized spacial score (nSPS) is 30.7. The average Bonchev–Trinajstić information content (AvgIpc) is 2.31. The summed E-state index contributed by atoms with van der Waals surface area (Å²) in [7, 11) is 0. The van der Waals surface area contributed by atoms with E-state index >= 15 is 0 Å². The van der Waals surface area contributed by atoms with E-state index in [-0.39, 0.29) is 0 Å². The SMILES string of the molecule is CC(C)N[C@@H]1CN(C(C)C)CC1C. The van der Waals surface area contributed by atoms with Crippen LogP contribution in [0.5, 0.6) is 0 Å². The molecule has 0 spiro atoms. The Morgan fingerprint density at radius 1 is 1.15 bits per heavy atom. The van der Waals surface area contributed by atoms with E-state index in [4.69, 9.17) is 0 Å². The molecule has 1 unspecified atom stereocenters. The first-order chi connectivity index (χ1) is 6.00. The zero-order valence-electron chi connectivity index (χ0n) is 9.67. The summed E-state index contributed by atoms with van der Waals surface area (Å²) in [6.07, 6.45) is 0. The van der Waals surface area contributed by atoms with Gasteiger partial charge in [0, 0.05) is 31.2 Å². The van der Waals surface area contributed by atoms with Crippen LogP contribution in [-0.4, -0.2) is 36.1 Å². The molecule has 0 radical (unpaired) electrons. The fourth-order valence-electron chi connectivity index (χ4n) is 2.07. The molecule has 2 nitrogen and oxygen atoms in total. The summed E-state index contributed by atoms with van der Waals surface area (Å²) in [6.45, 7) is 13.8. The van der Waals surface area contributed by atoms with Crippen LogP contribution < -0.4 is 5.32 Å². The minimum Gasteiger partial charge on any atom is -0.310 e. The summed E-state index contributed by atoms with van der Waals surface area (Å²) >= 11 is 0. The largest absolute Gasteiger partial charge is 0.310 e. The van der Waals surface area contributed by atoms with Gasteiger partial charge in [-0.1, -0.05) is 20.8 Å². The third-order valence-corrected chi connectivity index (χ3v) is 2.92. The Kier molecular flexibility index (Phi) is 3.74. The van der Waals surface area contributed by atoms with Crippen molar-refractivity contribution in [2.75, 3.05) is 13.1 Å². The lowest BCUT2D eigenvalue weighted by Gasteiger charge is -2.21. The van der Waals surface area contributed by atoms with Crippen LogP contribution in [-0.2, 0) is 0 Å². The Labute approximate surface area is 82.7 Å². The van der Waals surface area contributed by atoms with Crippen molar-refractivity contribution in [2.45, 2.75) is 52.7 Å². The molecule has 0 aliphatic carbocycles. The molecular formula is C11H24N2. The zero-order chi connectivity index (χ0) is 10.0. The number of nitrogens with zero attached hydrogens (tertiary/aromatic N) is 1. The van der Waals surface area contributed by atoms with Crippen LogP contribution in [0.4, 0.5) is 0 Å². The molecule has 1 fully saturated rings. The van der Waals surface area contributed by atoms with Crippen molar-refractivity contribution >= 4 is 0 Å². The second kappa shape index (κ2) is 4.43. The number of hydrogen-bond acceptors (Lipinski definition) is 2. The van der Waals surface area contributed by atoms with Gasteiger partial charge >= 0.3 is 0 Å². The molecule has 0 bridgehead atoms. The molecule has 2 atom stereocenters. The Morgan fingerprint density at radius 2 is 1.77 bits per heavy atom. The predicted octanol–water partition coefficient (Wildman–Crippen LogP) is 1.71. The molecule has 1 rings (SSSR count). The van der Waals surface area contributed by atoms with E-state index in [2.05, 4.69) is 44.8 Å². The van der Waals surface area contributed by atoms with Crippen LogP contribution in [0.1, 0.15) is 34.6 Å². The van der Waals surface area contributed by atoms with E-state index in [1.54, 1.807) is 0 Å². The highest BCUT2D eigenvalue weighted by Crippen LogP contribution is 2.18. The maximum absolute atomic E-state index is 3.63. The fraction of sp³-hybridized carbons (Fsp3) is 1.00. The molecule has 2 heteroatoms. The summed E-state index contributed by atoms with van der Waals surface area (Å²) in [4.78, 5) is 2.56. The van der Waals surface area contributed by atoms with Crippen LogP contribution in [0.3, 0.4) is 0 Å². The first kappa shape index (κ1) is 11.0. The summed E-state index contributed by atoms with van der Waals surface area (Å²) in [5, 5.41) is 3.63. The highest BCUT2D eigenvalue weighted by Gasteiger charge is 2.30. The number of likely N-dealkylation sites (tertiary alicyclic amines) is 1. The first-order valence-corrected chi connectivity index (χ1v) is 5.50. The van der Waals surface area contributed by atoms with Gasteiger partial charge < -0.3 is 5.32 Å². The lowest BCUT2D eigenvalue weighted by molar-refractivity contribution is 0.263. The Bertz CT molecular complexity index is 154. The van der Waals surface area contributed by atoms with Gasteiger partial charge in [0.05, 0.1) is 0 Å². The summed E-state index contributed by atoms with van der Waals surface area (Å²) in [5.41, 5.74) is 0. The standard InChI is InChI=1S/C11H24N2/c1-8(2)12-11-7-13(9(3)4)6-10(11)5/h8-12H,6-7H2,1-5H3/t10?,11-/m1/s1. The van der Waals surface area contributed by atoms with Crippen LogP contribution in [0.15, 0.2) is 0 Å². The molecule has 0 saturated carbocycles. The summed E-state index contributed by atoms with van der Waals surface area (Å²) < 4.78 is 0. The smallest absolute Gasteiger partial charge is 0.0235 e. The molecular weight excluding hydrogens is 160 g/mol. The van der Waals surface area contributed by atoms with Gasteiger partial charge in [-0.3, -0.25) is 4.90 Å². The molecule has 0 amide bonds. The molecule has 1 aliphatic heterocycles. The monoisotopic (exact) mass is 184 g/mol. The van der Waals surface area contributed by atoms with Gasteiger partial charge in [-0.05, 0) is 19.8 Å². The Balaban J connectivity index is 2.42. The third-order valence-electron chi connectivity index (χ3n) is 2.92. The molecule has 1 N–H and O–H groups in total. The zero-order valence-corrected chi connectivity index (χ0v) is 9.67. The highest BCUT2D eigenvalue weighted by molar-refractivity contribution is 4.88. The molecule has 78 valence electrons. The maximum Gasteiger partial charge on any atom is 0.0235 e. The van der Waals surface area contributed by atoms with E-state index in [1.807, 2.05) is 0 Å². The van der Waals surface area contributed by atoms with Crippen LogP contribution in [0, 0.1) is 5.92 Å². The quantitative estimate of drug-likeness (QED) is 0.718. The fourth-order valence-corrected chi connectivity index (χ4v) is 2.07. The van der Waals surface area contributed by atoms with Gasteiger partial charge in [-0.25, -0.2) is 0 Å². The average molecular weight is 184 g/mol. The minimum atomic E-state index is 0.611. The molecule has 1 saturated heterocycles. The minimum absolute atomic E-state index is 0.611. The number of hydrogen-bond donors (Lipinski definition) is 1. The summed E-state index contributed by atoms with van der Waals surface area (Å²) in [6, 6.07) is 2.00.